The Hall–Kier alpha value is -2.64. The van der Waals surface area contributed by atoms with Gasteiger partial charge in [-0.05, 0) is 83.3 Å². The maximum absolute atomic E-state index is 3.22. The molecule has 1 N–H and O–H groups in total. The van der Waals surface area contributed by atoms with Crippen molar-refractivity contribution in [3.63, 3.8) is 0 Å². The maximum Gasteiger partial charge on any atom is 0.0202 e. The molecule has 0 radical (unpaired) electrons. The van der Waals surface area contributed by atoms with Crippen molar-refractivity contribution in [3.05, 3.63) is 100 Å². The molecule has 2 aliphatic rings. The monoisotopic (exact) mass is 365 g/mol. The Morgan fingerprint density at radius 2 is 1.71 bits per heavy atom. The van der Waals surface area contributed by atoms with Gasteiger partial charge >= 0.3 is 0 Å². The zero-order chi connectivity index (χ0) is 18.9. The minimum Gasteiger partial charge on any atom is -0.316 e. The Morgan fingerprint density at radius 3 is 2.57 bits per heavy atom. The first-order chi connectivity index (χ1) is 13.8. The number of hydrogen-bond acceptors (Lipinski definition) is 1. The number of fused-ring (bicyclic) bond motifs is 4. The fraction of sp³-hybridized carbons (Fsp3) is 0.259. The van der Waals surface area contributed by atoms with Crippen LogP contribution in [0.4, 0.5) is 0 Å². The lowest BCUT2D eigenvalue weighted by Crippen LogP contribution is -2.08. The molecule has 0 bridgehead atoms. The predicted octanol–water partition coefficient (Wildman–Crippen LogP) is 6.20. The number of nitrogens with one attached hydrogen (secondary N) is 1. The molecule has 5 rings (SSSR count). The summed E-state index contributed by atoms with van der Waals surface area (Å²) in [5.41, 5.74) is 10.4. The molecule has 0 saturated heterocycles. The molecule has 1 nitrogen and oxygen atoms in total. The van der Waals surface area contributed by atoms with Crippen LogP contribution >= 0.6 is 0 Å². The lowest BCUT2D eigenvalue weighted by Gasteiger charge is -2.26. The molecule has 3 aromatic carbocycles. The van der Waals surface area contributed by atoms with Crippen LogP contribution in [0.2, 0.25) is 0 Å². The van der Waals surface area contributed by atoms with E-state index >= 15 is 0 Å². The van der Waals surface area contributed by atoms with Gasteiger partial charge in [0.1, 0.15) is 0 Å². The van der Waals surface area contributed by atoms with Gasteiger partial charge in [-0.25, -0.2) is 0 Å². The molecule has 0 spiro atoms. The van der Waals surface area contributed by atoms with Gasteiger partial charge in [0.25, 0.3) is 0 Å². The molecule has 0 atom stereocenters. The minimum absolute atomic E-state index is 0.924. The van der Waals surface area contributed by atoms with Crippen molar-refractivity contribution in [2.45, 2.75) is 38.6 Å². The molecule has 2 aliphatic carbocycles. The molecule has 0 saturated carbocycles. The fourth-order valence-electron chi connectivity index (χ4n) is 4.92. The standard InChI is InChI=1S/C27H27N/c1-28-18-20-11-9-19(10-12-20)17-23-7-4-6-22-14-15-25-24-8-3-2-5-21(24)13-16-26(25)27(22)23/h3-4,6-12,14-15,28H,2,5,13,16-18H2,1H3. The van der Waals surface area contributed by atoms with Crippen molar-refractivity contribution in [3.8, 4) is 0 Å². The van der Waals surface area contributed by atoms with E-state index in [9.17, 15) is 0 Å². The van der Waals surface area contributed by atoms with E-state index in [4.69, 9.17) is 0 Å². The van der Waals surface area contributed by atoms with Gasteiger partial charge in [0, 0.05) is 6.54 Å². The zero-order valence-electron chi connectivity index (χ0n) is 16.6. The number of benzene rings is 3. The van der Waals surface area contributed by atoms with Crippen LogP contribution in [0.15, 0.2) is 72.3 Å². The number of aryl methyl sites for hydroxylation is 1. The van der Waals surface area contributed by atoms with Crippen molar-refractivity contribution in [2.75, 3.05) is 7.05 Å². The first-order valence-corrected chi connectivity index (χ1v) is 10.5. The second kappa shape index (κ2) is 7.41. The molecule has 0 aromatic heterocycles. The molecule has 0 unspecified atom stereocenters. The number of allylic oxidation sites excluding steroid dienone is 4. The first kappa shape index (κ1) is 17.5. The Kier molecular flexibility index (Phi) is 4.62. The highest BCUT2D eigenvalue weighted by molar-refractivity contribution is 5.96. The Bertz CT molecular complexity index is 1080. The maximum atomic E-state index is 3.22. The van der Waals surface area contributed by atoms with Crippen LogP contribution in [0, 0.1) is 0 Å². The fourth-order valence-corrected chi connectivity index (χ4v) is 4.92. The van der Waals surface area contributed by atoms with Crippen LogP contribution in [0.25, 0.3) is 16.3 Å². The Morgan fingerprint density at radius 1 is 0.857 bits per heavy atom. The normalized spacial score (nSPS) is 15.6. The third-order valence-electron chi connectivity index (χ3n) is 6.28. The number of rotatable bonds is 4. The Balaban J connectivity index is 1.58. The van der Waals surface area contributed by atoms with Crippen LogP contribution in [0.1, 0.15) is 47.1 Å². The second-order valence-corrected chi connectivity index (χ2v) is 8.09. The van der Waals surface area contributed by atoms with Crippen LogP contribution in [0.3, 0.4) is 0 Å². The van der Waals surface area contributed by atoms with E-state index in [1.807, 2.05) is 7.05 Å². The van der Waals surface area contributed by atoms with Crippen LogP contribution in [-0.4, -0.2) is 7.05 Å². The average Bonchev–Trinajstić information content (AvgIpc) is 2.75. The zero-order valence-corrected chi connectivity index (χ0v) is 16.6. The summed E-state index contributed by atoms with van der Waals surface area (Å²) >= 11 is 0. The molecule has 0 fully saturated rings. The van der Waals surface area contributed by atoms with Gasteiger partial charge in [-0.2, -0.15) is 0 Å². The first-order valence-electron chi connectivity index (χ1n) is 10.5. The molecule has 28 heavy (non-hydrogen) atoms. The molecular weight excluding hydrogens is 338 g/mol. The highest BCUT2D eigenvalue weighted by atomic mass is 14.8. The van der Waals surface area contributed by atoms with Gasteiger partial charge in [-0.3, -0.25) is 0 Å². The summed E-state index contributed by atoms with van der Waals surface area (Å²) in [7, 11) is 2.00. The highest BCUT2D eigenvalue weighted by Crippen LogP contribution is 2.40. The predicted molar refractivity (Wildman–Crippen MR) is 120 cm³/mol. The third-order valence-corrected chi connectivity index (χ3v) is 6.28. The molecule has 140 valence electrons. The van der Waals surface area contributed by atoms with Crippen LogP contribution in [0.5, 0.6) is 0 Å². The van der Waals surface area contributed by atoms with E-state index in [1.165, 1.54) is 64.3 Å². The average molecular weight is 366 g/mol. The SMILES string of the molecule is CNCc1ccc(Cc2cccc3ccc4c(c23)CCC2=C4C=CCC2)cc1. The quantitative estimate of drug-likeness (QED) is 0.580. The summed E-state index contributed by atoms with van der Waals surface area (Å²) in [5.74, 6) is 0. The van der Waals surface area contributed by atoms with Crippen molar-refractivity contribution in [1.29, 1.82) is 0 Å². The van der Waals surface area contributed by atoms with Crippen molar-refractivity contribution < 1.29 is 0 Å². The van der Waals surface area contributed by atoms with E-state index in [-0.39, 0.29) is 0 Å². The smallest absolute Gasteiger partial charge is 0.0202 e. The van der Waals surface area contributed by atoms with Gasteiger partial charge in [-0.15, -0.1) is 0 Å². The van der Waals surface area contributed by atoms with E-state index in [0.29, 0.717) is 0 Å². The molecular formula is C27H27N. The third kappa shape index (κ3) is 3.10. The van der Waals surface area contributed by atoms with Crippen molar-refractivity contribution in [2.24, 2.45) is 0 Å². The van der Waals surface area contributed by atoms with E-state index < -0.39 is 0 Å². The summed E-state index contributed by atoms with van der Waals surface area (Å²) in [6.07, 6.45) is 10.6. The minimum atomic E-state index is 0.924. The van der Waals surface area contributed by atoms with Crippen LogP contribution < -0.4 is 5.32 Å². The molecule has 0 amide bonds. The summed E-state index contributed by atoms with van der Waals surface area (Å²) in [6, 6.07) is 20.6. The summed E-state index contributed by atoms with van der Waals surface area (Å²) in [4.78, 5) is 0. The van der Waals surface area contributed by atoms with E-state index in [0.717, 1.165) is 13.0 Å². The van der Waals surface area contributed by atoms with Gasteiger partial charge in [0.05, 0.1) is 0 Å². The molecule has 0 aliphatic heterocycles. The highest BCUT2D eigenvalue weighted by Gasteiger charge is 2.21. The van der Waals surface area contributed by atoms with Crippen LogP contribution in [-0.2, 0) is 19.4 Å². The van der Waals surface area contributed by atoms with E-state index in [1.54, 1.807) is 11.1 Å². The van der Waals surface area contributed by atoms with Gasteiger partial charge < -0.3 is 5.32 Å². The van der Waals surface area contributed by atoms with E-state index in [2.05, 4.69) is 72.1 Å². The molecule has 0 heterocycles. The van der Waals surface area contributed by atoms with Crippen molar-refractivity contribution in [1.82, 2.24) is 5.32 Å². The summed E-state index contributed by atoms with van der Waals surface area (Å²) in [6.45, 7) is 0.924. The summed E-state index contributed by atoms with van der Waals surface area (Å²) < 4.78 is 0. The largest absolute Gasteiger partial charge is 0.316 e. The van der Waals surface area contributed by atoms with Crippen molar-refractivity contribution >= 4 is 16.3 Å². The molecule has 1 heteroatoms. The van der Waals surface area contributed by atoms with Gasteiger partial charge in [-0.1, -0.05) is 72.3 Å². The lowest BCUT2D eigenvalue weighted by molar-refractivity contribution is 0.817. The number of hydrogen-bond donors (Lipinski definition) is 1. The Labute approximate surface area is 167 Å². The van der Waals surface area contributed by atoms with Gasteiger partial charge in [0.15, 0.2) is 0 Å². The second-order valence-electron chi connectivity index (χ2n) is 8.09. The van der Waals surface area contributed by atoms with Gasteiger partial charge in [0.2, 0.25) is 0 Å². The molecule has 3 aromatic rings. The topological polar surface area (TPSA) is 12.0 Å². The summed E-state index contributed by atoms with van der Waals surface area (Å²) in [5, 5.41) is 6.10. The lowest BCUT2D eigenvalue weighted by atomic mass is 9.78.